The highest BCUT2D eigenvalue weighted by Gasteiger charge is 2.33. The van der Waals surface area contributed by atoms with Gasteiger partial charge in [-0.3, -0.25) is 9.69 Å². The average molecular weight is 372 g/mol. The third-order valence-corrected chi connectivity index (χ3v) is 6.75. The van der Waals surface area contributed by atoms with Crippen molar-refractivity contribution in [2.45, 2.75) is 45.6 Å². The van der Waals surface area contributed by atoms with E-state index in [1.807, 2.05) is 6.07 Å². The minimum atomic E-state index is 0.0878. The lowest BCUT2D eigenvalue weighted by Gasteiger charge is -2.41. The second kappa shape index (κ2) is 8.94. The van der Waals surface area contributed by atoms with Crippen molar-refractivity contribution in [1.82, 2.24) is 4.90 Å². The fraction of sp³-hybridized carbons (Fsp3) is 0.500. The second-order valence-corrected chi connectivity index (χ2v) is 8.56. The molecule has 1 aliphatic heterocycles. The maximum absolute atomic E-state index is 11.4. The lowest BCUT2D eigenvalue weighted by Crippen LogP contribution is -2.41. The molecule has 1 saturated heterocycles. The summed E-state index contributed by atoms with van der Waals surface area (Å²) in [5.41, 5.74) is 2.71. The van der Waals surface area contributed by atoms with Crippen molar-refractivity contribution in [3.8, 4) is 0 Å². The standard InChI is InChI=1S/C22H29NO2S/c1-18(25)21-14-20(16-26-21)15-23-12-10-22(17-24,11-13-23)9-5-8-19-6-3-2-4-7-19/h2-4,6-7,14,16,24H,5,8-13,15,17H2,1H3. The molecule has 1 aromatic heterocycles. The van der Waals surface area contributed by atoms with Crippen LogP contribution in [0, 0.1) is 5.41 Å². The molecule has 140 valence electrons. The van der Waals surface area contributed by atoms with Crippen molar-refractivity contribution in [2.24, 2.45) is 5.41 Å². The molecule has 0 saturated carbocycles. The first-order valence-corrected chi connectivity index (χ1v) is 10.4. The van der Waals surface area contributed by atoms with E-state index < -0.39 is 0 Å². The number of aliphatic hydroxyl groups is 1. The fourth-order valence-electron chi connectivity index (χ4n) is 3.89. The Morgan fingerprint density at radius 3 is 2.54 bits per heavy atom. The van der Waals surface area contributed by atoms with Gasteiger partial charge < -0.3 is 5.11 Å². The maximum atomic E-state index is 11.4. The SMILES string of the molecule is CC(=O)c1cc(CN2CCC(CO)(CCCc3ccccc3)CC2)cs1. The number of hydrogen-bond donors (Lipinski definition) is 1. The van der Waals surface area contributed by atoms with E-state index in [1.165, 1.54) is 11.1 Å². The second-order valence-electron chi connectivity index (χ2n) is 7.65. The molecule has 3 nitrogen and oxygen atoms in total. The topological polar surface area (TPSA) is 40.5 Å². The summed E-state index contributed by atoms with van der Waals surface area (Å²) in [6.07, 6.45) is 5.44. The number of carbonyl (C=O) groups is 1. The minimum Gasteiger partial charge on any atom is -0.396 e. The van der Waals surface area contributed by atoms with Crippen LogP contribution in [0.2, 0.25) is 0 Å². The van der Waals surface area contributed by atoms with Gasteiger partial charge in [0.05, 0.1) is 4.88 Å². The number of rotatable bonds is 8. The molecule has 2 heterocycles. The molecular weight excluding hydrogens is 342 g/mol. The molecule has 1 fully saturated rings. The van der Waals surface area contributed by atoms with E-state index in [2.05, 4.69) is 40.6 Å². The van der Waals surface area contributed by atoms with Crippen LogP contribution in [-0.2, 0) is 13.0 Å². The van der Waals surface area contributed by atoms with Crippen molar-refractivity contribution in [3.05, 3.63) is 57.8 Å². The van der Waals surface area contributed by atoms with E-state index in [4.69, 9.17) is 0 Å². The van der Waals surface area contributed by atoms with Gasteiger partial charge in [0.1, 0.15) is 0 Å². The zero-order chi connectivity index (χ0) is 18.4. The number of piperidine rings is 1. The van der Waals surface area contributed by atoms with Crippen LogP contribution in [0.4, 0.5) is 0 Å². The van der Waals surface area contributed by atoms with Gasteiger partial charge in [0, 0.05) is 13.2 Å². The lowest BCUT2D eigenvalue weighted by atomic mass is 9.75. The first-order chi connectivity index (χ1) is 12.6. The van der Waals surface area contributed by atoms with Gasteiger partial charge in [-0.25, -0.2) is 0 Å². The van der Waals surface area contributed by atoms with Gasteiger partial charge in [-0.15, -0.1) is 11.3 Å². The Morgan fingerprint density at radius 1 is 1.19 bits per heavy atom. The quantitative estimate of drug-likeness (QED) is 0.692. The van der Waals surface area contributed by atoms with E-state index in [1.54, 1.807) is 18.3 Å². The zero-order valence-electron chi connectivity index (χ0n) is 15.6. The van der Waals surface area contributed by atoms with Crippen molar-refractivity contribution in [2.75, 3.05) is 19.7 Å². The lowest BCUT2D eigenvalue weighted by molar-refractivity contribution is 0.0330. The third-order valence-electron chi connectivity index (χ3n) is 5.67. The summed E-state index contributed by atoms with van der Waals surface area (Å²) in [6.45, 7) is 4.88. The first-order valence-electron chi connectivity index (χ1n) is 9.56. The predicted octanol–water partition coefficient (Wildman–Crippen LogP) is 4.55. The molecule has 0 atom stereocenters. The normalized spacial score (nSPS) is 17.3. The number of aliphatic hydroxyl groups excluding tert-OH is 1. The summed E-state index contributed by atoms with van der Waals surface area (Å²) in [6, 6.07) is 12.6. The Morgan fingerprint density at radius 2 is 1.92 bits per heavy atom. The van der Waals surface area contributed by atoms with Crippen LogP contribution in [0.5, 0.6) is 0 Å². The molecule has 26 heavy (non-hydrogen) atoms. The molecule has 4 heteroatoms. The number of hydrogen-bond acceptors (Lipinski definition) is 4. The smallest absolute Gasteiger partial charge is 0.169 e. The van der Waals surface area contributed by atoms with Crippen LogP contribution in [0.25, 0.3) is 0 Å². The molecule has 1 aromatic carbocycles. The maximum Gasteiger partial charge on any atom is 0.169 e. The van der Waals surface area contributed by atoms with Gasteiger partial charge in [0.25, 0.3) is 0 Å². The number of carbonyl (C=O) groups excluding carboxylic acids is 1. The van der Waals surface area contributed by atoms with Crippen molar-refractivity contribution in [1.29, 1.82) is 0 Å². The monoisotopic (exact) mass is 371 g/mol. The van der Waals surface area contributed by atoms with E-state index in [0.717, 1.165) is 56.6 Å². The zero-order valence-corrected chi connectivity index (χ0v) is 16.4. The number of benzene rings is 1. The Bertz CT molecular complexity index is 702. The number of nitrogens with zero attached hydrogens (tertiary/aromatic N) is 1. The summed E-state index contributed by atoms with van der Waals surface area (Å²) >= 11 is 1.54. The fourth-order valence-corrected chi connectivity index (χ4v) is 4.69. The Labute approximate surface area is 160 Å². The number of ketones is 1. The molecule has 3 rings (SSSR count). The van der Waals surface area contributed by atoms with Crippen LogP contribution in [0.1, 0.15) is 53.4 Å². The van der Waals surface area contributed by atoms with Gasteiger partial charge in [0.15, 0.2) is 5.78 Å². The Hall–Kier alpha value is -1.49. The highest BCUT2D eigenvalue weighted by molar-refractivity contribution is 7.12. The third kappa shape index (κ3) is 5.03. The minimum absolute atomic E-state index is 0.0878. The van der Waals surface area contributed by atoms with Gasteiger partial charge >= 0.3 is 0 Å². The van der Waals surface area contributed by atoms with Crippen LogP contribution >= 0.6 is 11.3 Å². The van der Waals surface area contributed by atoms with E-state index in [-0.39, 0.29) is 11.2 Å². The molecule has 0 unspecified atom stereocenters. The Kier molecular flexibility index (Phi) is 6.63. The molecule has 0 aliphatic carbocycles. The molecule has 1 aliphatic rings. The molecular formula is C22H29NO2S. The first kappa shape index (κ1) is 19.3. The highest BCUT2D eigenvalue weighted by Crippen LogP contribution is 2.36. The van der Waals surface area contributed by atoms with Crippen LogP contribution < -0.4 is 0 Å². The number of thiophene rings is 1. The van der Waals surface area contributed by atoms with Crippen LogP contribution in [0.3, 0.4) is 0 Å². The van der Waals surface area contributed by atoms with E-state index in [0.29, 0.717) is 6.61 Å². The summed E-state index contributed by atoms with van der Waals surface area (Å²) < 4.78 is 0. The van der Waals surface area contributed by atoms with Gasteiger partial charge in [0.2, 0.25) is 0 Å². The summed E-state index contributed by atoms with van der Waals surface area (Å²) in [4.78, 5) is 14.8. The van der Waals surface area contributed by atoms with Crippen molar-refractivity contribution in [3.63, 3.8) is 0 Å². The number of aryl methyl sites for hydroxylation is 1. The molecule has 0 amide bonds. The molecule has 1 N–H and O–H groups in total. The molecule has 2 aromatic rings. The van der Waals surface area contributed by atoms with Gasteiger partial charge in [-0.1, -0.05) is 30.3 Å². The molecule has 0 radical (unpaired) electrons. The number of likely N-dealkylation sites (tertiary alicyclic amines) is 1. The summed E-state index contributed by atoms with van der Waals surface area (Å²) in [7, 11) is 0. The van der Waals surface area contributed by atoms with Gasteiger partial charge in [-0.05, 0) is 80.1 Å². The summed E-state index contributed by atoms with van der Waals surface area (Å²) in [5.74, 6) is 0.151. The highest BCUT2D eigenvalue weighted by atomic mass is 32.1. The van der Waals surface area contributed by atoms with Crippen LogP contribution in [0.15, 0.2) is 41.8 Å². The van der Waals surface area contributed by atoms with Crippen LogP contribution in [-0.4, -0.2) is 35.5 Å². The predicted molar refractivity (Wildman–Crippen MR) is 108 cm³/mol. The average Bonchev–Trinajstić information content (AvgIpc) is 3.13. The van der Waals surface area contributed by atoms with E-state index >= 15 is 0 Å². The Balaban J connectivity index is 1.47. The van der Waals surface area contributed by atoms with E-state index in [9.17, 15) is 9.90 Å². The molecule has 0 spiro atoms. The summed E-state index contributed by atoms with van der Waals surface area (Å²) in [5, 5.41) is 12.1. The van der Waals surface area contributed by atoms with Gasteiger partial charge in [-0.2, -0.15) is 0 Å². The van der Waals surface area contributed by atoms with Crippen molar-refractivity contribution < 1.29 is 9.90 Å². The number of Topliss-reactive ketones (excluding diaryl/α,β-unsaturated/α-hetero) is 1. The largest absolute Gasteiger partial charge is 0.396 e. The molecule has 0 bridgehead atoms. The van der Waals surface area contributed by atoms with Crippen molar-refractivity contribution >= 4 is 17.1 Å².